The molecule has 3 N–H and O–H groups in total. The maximum Gasteiger partial charge on any atom is 0.149 e. The summed E-state index contributed by atoms with van der Waals surface area (Å²) in [6, 6.07) is 0.541. The molecule has 2 unspecified atom stereocenters. The van der Waals surface area contributed by atoms with Crippen molar-refractivity contribution >= 4 is 33.7 Å². The average molecular weight is 294 g/mol. The maximum absolute atomic E-state index is 6.02. The SMILES string of the molecule is Cc1csc(-c2c(N)nsc2NC2CCCC2C)n1. The highest BCUT2D eigenvalue weighted by atomic mass is 32.1. The molecule has 1 fully saturated rings. The molecule has 3 rings (SSSR count). The molecular formula is C13H18N4S2. The number of nitrogens with zero attached hydrogens (tertiary/aromatic N) is 2. The number of rotatable bonds is 3. The summed E-state index contributed by atoms with van der Waals surface area (Å²) in [5.74, 6) is 1.31. The van der Waals surface area contributed by atoms with Crippen LogP contribution in [0.2, 0.25) is 0 Å². The summed E-state index contributed by atoms with van der Waals surface area (Å²) in [5, 5.41) is 7.72. The number of aryl methyl sites for hydroxylation is 1. The molecular weight excluding hydrogens is 276 g/mol. The van der Waals surface area contributed by atoms with Crippen molar-refractivity contribution in [3.63, 3.8) is 0 Å². The Kier molecular flexibility index (Phi) is 3.45. The molecule has 0 saturated heterocycles. The second-order valence-electron chi connectivity index (χ2n) is 5.22. The Morgan fingerprint density at radius 3 is 2.89 bits per heavy atom. The van der Waals surface area contributed by atoms with Crippen molar-refractivity contribution in [3.8, 4) is 10.6 Å². The smallest absolute Gasteiger partial charge is 0.149 e. The van der Waals surface area contributed by atoms with E-state index in [2.05, 4.69) is 27.0 Å². The highest BCUT2D eigenvalue weighted by Crippen LogP contribution is 2.40. The topological polar surface area (TPSA) is 63.8 Å². The molecule has 19 heavy (non-hydrogen) atoms. The van der Waals surface area contributed by atoms with E-state index in [0.717, 1.165) is 21.3 Å². The Balaban J connectivity index is 1.90. The second kappa shape index (κ2) is 5.09. The third-order valence-electron chi connectivity index (χ3n) is 3.73. The lowest BCUT2D eigenvalue weighted by Gasteiger charge is -2.17. The predicted octanol–water partition coefficient (Wildman–Crippen LogP) is 3.76. The van der Waals surface area contributed by atoms with Crippen LogP contribution in [0.5, 0.6) is 0 Å². The van der Waals surface area contributed by atoms with Gasteiger partial charge in [0.25, 0.3) is 0 Å². The van der Waals surface area contributed by atoms with Crippen molar-refractivity contribution < 1.29 is 0 Å². The molecule has 4 nitrogen and oxygen atoms in total. The fourth-order valence-electron chi connectivity index (χ4n) is 2.60. The highest BCUT2D eigenvalue weighted by Gasteiger charge is 2.26. The Bertz CT molecular complexity index is 575. The van der Waals surface area contributed by atoms with Gasteiger partial charge in [0.05, 0.1) is 5.56 Å². The van der Waals surface area contributed by atoms with Gasteiger partial charge < -0.3 is 11.1 Å². The van der Waals surface area contributed by atoms with E-state index in [-0.39, 0.29) is 0 Å². The summed E-state index contributed by atoms with van der Waals surface area (Å²) >= 11 is 3.08. The van der Waals surface area contributed by atoms with Crippen LogP contribution in [0.15, 0.2) is 5.38 Å². The first-order chi connectivity index (χ1) is 9.15. The summed E-state index contributed by atoms with van der Waals surface area (Å²) in [5.41, 5.74) is 8.04. The van der Waals surface area contributed by atoms with Crippen molar-refractivity contribution in [3.05, 3.63) is 11.1 Å². The number of hydrogen-bond donors (Lipinski definition) is 2. The summed E-state index contributed by atoms with van der Waals surface area (Å²) in [6.45, 7) is 4.31. The van der Waals surface area contributed by atoms with Crippen molar-refractivity contribution in [1.82, 2.24) is 9.36 Å². The normalized spacial score (nSPS) is 22.8. The van der Waals surface area contributed by atoms with E-state index < -0.39 is 0 Å². The van der Waals surface area contributed by atoms with Crippen molar-refractivity contribution in [2.24, 2.45) is 5.92 Å². The van der Waals surface area contributed by atoms with Crippen LogP contribution in [0.4, 0.5) is 10.8 Å². The monoisotopic (exact) mass is 294 g/mol. The third-order valence-corrected chi connectivity index (χ3v) is 5.50. The molecule has 0 aromatic carbocycles. The van der Waals surface area contributed by atoms with Crippen molar-refractivity contribution in [2.45, 2.75) is 39.2 Å². The molecule has 6 heteroatoms. The number of hydrogen-bond acceptors (Lipinski definition) is 6. The Hall–Kier alpha value is -1.14. The number of anilines is 2. The van der Waals surface area contributed by atoms with E-state index in [9.17, 15) is 0 Å². The van der Waals surface area contributed by atoms with E-state index in [1.165, 1.54) is 30.8 Å². The van der Waals surface area contributed by atoms with Crippen LogP contribution in [0.3, 0.4) is 0 Å². The van der Waals surface area contributed by atoms with Gasteiger partial charge in [-0.1, -0.05) is 13.3 Å². The molecule has 0 spiro atoms. The molecule has 102 valence electrons. The summed E-state index contributed by atoms with van der Waals surface area (Å²) < 4.78 is 4.29. The van der Waals surface area contributed by atoms with Crippen LogP contribution >= 0.6 is 22.9 Å². The van der Waals surface area contributed by atoms with Crippen LogP contribution in [0.25, 0.3) is 10.6 Å². The van der Waals surface area contributed by atoms with E-state index in [1.807, 2.05) is 6.92 Å². The lowest BCUT2D eigenvalue weighted by atomic mass is 10.1. The van der Waals surface area contributed by atoms with E-state index >= 15 is 0 Å². The first kappa shape index (κ1) is 12.9. The predicted molar refractivity (Wildman–Crippen MR) is 82.8 cm³/mol. The fraction of sp³-hybridized carbons (Fsp3) is 0.538. The minimum atomic E-state index is 0.541. The summed E-state index contributed by atoms with van der Waals surface area (Å²) in [4.78, 5) is 4.53. The molecule has 1 aliphatic carbocycles. The van der Waals surface area contributed by atoms with Crippen LogP contribution in [-0.4, -0.2) is 15.4 Å². The Morgan fingerprint density at radius 1 is 1.42 bits per heavy atom. The average Bonchev–Trinajstić information content (AvgIpc) is 3.04. The van der Waals surface area contributed by atoms with Gasteiger partial charge in [-0.3, -0.25) is 0 Å². The zero-order chi connectivity index (χ0) is 13.4. The number of aromatic nitrogens is 2. The molecule has 2 aromatic rings. The molecule has 2 aromatic heterocycles. The zero-order valence-electron chi connectivity index (χ0n) is 11.1. The van der Waals surface area contributed by atoms with Crippen LogP contribution in [0.1, 0.15) is 31.9 Å². The van der Waals surface area contributed by atoms with Gasteiger partial charge in [-0.05, 0) is 37.2 Å². The number of nitrogens with two attached hydrogens (primary N) is 1. The van der Waals surface area contributed by atoms with Crippen LogP contribution in [-0.2, 0) is 0 Å². The largest absolute Gasteiger partial charge is 0.382 e. The van der Waals surface area contributed by atoms with Gasteiger partial charge in [0, 0.05) is 17.1 Å². The first-order valence-corrected chi connectivity index (χ1v) is 8.24. The van der Waals surface area contributed by atoms with E-state index in [0.29, 0.717) is 17.8 Å². The molecule has 0 amide bonds. The van der Waals surface area contributed by atoms with E-state index in [1.54, 1.807) is 11.3 Å². The lowest BCUT2D eigenvalue weighted by Crippen LogP contribution is -2.21. The maximum atomic E-state index is 6.02. The quantitative estimate of drug-likeness (QED) is 0.904. The highest BCUT2D eigenvalue weighted by molar-refractivity contribution is 7.15. The first-order valence-electron chi connectivity index (χ1n) is 6.59. The van der Waals surface area contributed by atoms with Gasteiger partial charge in [0.15, 0.2) is 0 Å². The molecule has 1 aliphatic rings. The lowest BCUT2D eigenvalue weighted by molar-refractivity contribution is 0.557. The Labute approximate surface area is 121 Å². The molecule has 0 radical (unpaired) electrons. The van der Waals surface area contributed by atoms with Crippen LogP contribution < -0.4 is 11.1 Å². The molecule has 0 aliphatic heterocycles. The van der Waals surface area contributed by atoms with E-state index in [4.69, 9.17) is 5.73 Å². The van der Waals surface area contributed by atoms with Gasteiger partial charge in [0.1, 0.15) is 15.8 Å². The van der Waals surface area contributed by atoms with Gasteiger partial charge >= 0.3 is 0 Å². The molecule has 2 heterocycles. The standard InChI is InChI=1S/C13H18N4S2/c1-7-4-3-5-9(7)16-13-10(11(14)17-19-13)12-15-8(2)6-18-12/h6-7,9,16H,3-5H2,1-2H3,(H2,14,17). The number of nitrogens with one attached hydrogen (secondary N) is 1. The Morgan fingerprint density at radius 2 is 2.26 bits per heavy atom. The molecule has 2 atom stereocenters. The molecule has 0 bridgehead atoms. The zero-order valence-corrected chi connectivity index (χ0v) is 12.8. The summed E-state index contributed by atoms with van der Waals surface area (Å²) in [7, 11) is 0. The number of nitrogen functional groups attached to an aromatic ring is 1. The number of thiazole rings is 1. The van der Waals surface area contributed by atoms with Crippen LogP contribution in [0, 0.1) is 12.8 Å². The van der Waals surface area contributed by atoms with Gasteiger partial charge in [0.2, 0.25) is 0 Å². The van der Waals surface area contributed by atoms with Gasteiger partial charge in [-0.15, -0.1) is 11.3 Å². The fourth-order valence-corrected chi connectivity index (χ4v) is 4.30. The molecule has 1 saturated carbocycles. The van der Waals surface area contributed by atoms with Crippen molar-refractivity contribution in [2.75, 3.05) is 11.1 Å². The minimum Gasteiger partial charge on any atom is -0.382 e. The summed E-state index contributed by atoms with van der Waals surface area (Å²) in [6.07, 6.45) is 3.84. The minimum absolute atomic E-state index is 0.541. The van der Waals surface area contributed by atoms with Crippen molar-refractivity contribution in [1.29, 1.82) is 0 Å². The third kappa shape index (κ3) is 2.47. The second-order valence-corrected chi connectivity index (χ2v) is 6.86. The van der Waals surface area contributed by atoms with Gasteiger partial charge in [-0.25, -0.2) is 4.98 Å². The van der Waals surface area contributed by atoms with Gasteiger partial charge in [-0.2, -0.15) is 4.37 Å².